The fourth-order valence-electron chi connectivity index (χ4n) is 3.96. The molecule has 2 N–H and O–H groups in total. The molecule has 0 bridgehead atoms. The van der Waals surface area contributed by atoms with Crippen LogP contribution in [-0.2, 0) is 28.1 Å². The highest BCUT2D eigenvalue weighted by Crippen LogP contribution is 2.40. The molecule has 0 saturated heterocycles. The van der Waals surface area contributed by atoms with E-state index in [1.807, 2.05) is 0 Å². The average molecular weight is 455 g/mol. The maximum Gasteiger partial charge on any atom is 0.123 e. The van der Waals surface area contributed by atoms with Crippen molar-refractivity contribution in [2.45, 2.75) is 125 Å². The lowest BCUT2D eigenvalue weighted by Gasteiger charge is -2.28. The van der Waals surface area contributed by atoms with Crippen LogP contribution in [0.5, 0.6) is 11.5 Å². The molecule has 0 aliphatic heterocycles. The molecule has 2 nitrogen and oxygen atoms in total. The fourth-order valence-corrected chi connectivity index (χ4v) is 3.96. The number of hydrogen-bond donors (Lipinski definition) is 2. The Balaban J connectivity index is 0.000000331. The van der Waals surface area contributed by atoms with Crippen LogP contribution < -0.4 is 0 Å². The summed E-state index contributed by atoms with van der Waals surface area (Å²) >= 11 is 0. The van der Waals surface area contributed by atoms with Gasteiger partial charge in [-0.1, -0.05) is 120 Å². The average Bonchev–Trinajstić information content (AvgIpc) is 2.60. The maximum atomic E-state index is 10.5. The van der Waals surface area contributed by atoms with Crippen molar-refractivity contribution in [3.05, 3.63) is 57.6 Å². The number of phenolic OH excluding ortho intramolecular Hbond substituents is 2. The van der Waals surface area contributed by atoms with Crippen LogP contribution in [0, 0.1) is 6.92 Å². The van der Waals surface area contributed by atoms with E-state index in [1.54, 1.807) is 0 Å². The van der Waals surface area contributed by atoms with Gasteiger partial charge in [0.05, 0.1) is 0 Å². The molecule has 0 atom stereocenters. The zero-order valence-corrected chi connectivity index (χ0v) is 23.9. The standard InChI is InChI=1S/C16H26O.C15H24O/c1-8-11-9-12(15(2,3)4)14(17)13(10-11)16(5,6)7;1-10-8-11(14(2,3)4)13(16)12(9-10)15(5,6)7/h9-10,17H,8H2,1-7H3;8-9,16H,1-7H3. The van der Waals surface area contributed by atoms with Crippen molar-refractivity contribution >= 4 is 0 Å². The Morgan fingerprint density at radius 2 is 0.758 bits per heavy atom. The van der Waals surface area contributed by atoms with Crippen molar-refractivity contribution in [3.63, 3.8) is 0 Å². The summed E-state index contributed by atoms with van der Waals surface area (Å²) in [6, 6.07) is 8.46. The Labute approximate surface area is 204 Å². The third-order valence-corrected chi connectivity index (χ3v) is 6.06. The Kier molecular flexibility index (Phi) is 8.57. The molecule has 2 aromatic rings. The zero-order chi connectivity index (χ0) is 26.2. The van der Waals surface area contributed by atoms with E-state index in [-0.39, 0.29) is 21.7 Å². The highest BCUT2D eigenvalue weighted by molar-refractivity contribution is 5.50. The molecule has 0 unspecified atom stereocenters. The van der Waals surface area contributed by atoms with E-state index in [1.165, 1.54) is 11.1 Å². The Morgan fingerprint density at radius 1 is 0.515 bits per heavy atom. The minimum absolute atomic E-state index is 0.0178. The van der Waals surface area contributed by atoms with E-state index in [9.17, 15) is 10.2 Å². The van der Waals surface area contributed by atoms with Gasteiger partial charge in [-0.3, -0.25) is 0 Å². The number of phenols is 2. The lowest BCUT2D eigenvalue weighted by atomic mass is 9.78. The molecule has 0 saturated carbocycles. The number of hydrogen-bond acceptors (Lipinski definition) is 2. The van der Waals surface area contributed by atoms with Crippen LogP contribution in [0.25, 0.3) is 0 Å². The van der Waals surface area contributed by atoms with Gasteiger partial charge in [-0.25, -0.2) is 0 Å². The summed E-state index contributed by atoms with van der Waals surface area (Å²) in [7, 11) is 0. The molecule has 2 rings (SSSR count). The Morgan fingerprint density at radius 3 is 0.970 bits per heavy atom. The highest BCUT2D eigenvalue weighted by atomic mass is 16.3. The first-order valence-corrected chi connectivity index (χ1v) is 12.3. The van der Waals surface area contributed by atoms with Gasteiger partial charge in [0, 0.05) is 0 Å². The van der Waals surface area contributed by atoms with Crippen LogP contribution in [0.4, 0.5) is 0 Å². The van der Waals surface area contributed by atoms with Gasteiger partial charge in [-0.05, 0) is 62.8 Å². The normalized spacial score (nSPS) is 12.9. The fraction of sp³-hybridized carbons (Fsp3) is 0.613. The molecule has 33 heavy (non-hydrogen) atoms. The number of aryl methyl sites for hydroxylation is 2. The van der Waals surface area contributed by atoms with Crippen molar-refractivity contribution in [2.75, 3.05) is 0 Å². The summed E-state index contributed by atoms with van der Waals surface area (Å²) in [4.78, 5) is 0. The lowest BCUT2D eigenvalue weighted by molar-refractivity contribution is 0.422. The van der Waals surface area contributed by atoms with Gasteiger partial charge in [0.2, 0.25) is 0 Å². The van der Waals surface area contributed by atoms with E-state index in [4.69, 9.17) is 0 Å². The van der Waals surface area contributed by atoms with Gasteiger partial charge in [-0.2, -0.15) is 0 Å². The molecule has 2 heteroatoms. The third kappa shape index (κ3) is 7.52. The Bertz CT molecular complexity index is 882. The zero-order valence-electron chi connectivity index (χ0n) is 23.9. The highest BCUT2D eigenvalue weighted by Gasteiger charge is 2.27. The van der Waals surface area contributed by atoms with Gasteiger partial charge < -0.3 is 10.2 Å². The van der Waals surface area contributed by atoms with E-state index in [0.717, 1.165) is 28.7 Å². The first-order chi connectivity index (χ1) is 14.6. The predicted octanol–water partition coefficient (Wildman–Crippen LogP) is 8.85. The molecule has 0 spiro atoms. The molecule has 0 fully saturated rings. The molecular weight excluding hydrogens is 404 g/mol. The quantitative estimate of drug-likeness (QED) is 0.452. The Hall–Kier alpha value is -1.96. The largest absolute Gasteiger partial charge is 0.507 e. The molecule has 0 aliphatic carbocycles. The topological polar surface area (TPSA) is 40.5 Å². The summed E-state index contributed by atoms with van der Waals surface area (Å²) in [5.74, 6) is 0.938. The third-order valence-electron chi connectivity index (χ3n) is 6.06. The van der Waals surface area contributed by atoms with E-state index < -0.39 is 0 Å². The summed E-state index contributed by atoms with van der Waals surface area (Å²) in [6.07, 6.45) is 1.01. The van der Waals surface area contributed by atoms with E-state index in [0.29, 0.717) is 11.5 Å². The van der Waals surface area contributed by atoms with Crippen molar-refractivity contribution in [1.29, 1.82) is 0 Å². The van der Waals surface area contributed by atoms with Gasteiger partial charge in [0.25, 0.3) is 0 Å². The second-order valence-corrected chi connectivity index (χ2v) is 13.6. The van der Waals surface area contributed by atoms with Gasteiger partial charge >= 0.3 is 0 Å². The molecule has 0 heterocycles. The summed E-state index contributed by atoms with van der Waals surface area (Å²) in [6.45, 7) is 29.9. The van der Waals surface area contributed by atoms with Crippen LogP contribution in [0.1, 0.15) is 123 Å². The molecule has 186 valence electrons. The molecule has 0 aromatic heterocycles. The summed E-state index contributed by atoms with van der Waals surface area (Å²) < 4.78 is 0. The van der Waals surface area contributed by atoms with Crippen LogP contribution in [-0.4, -0.2) is 10.2 Å². The van der Waals surface area contributed by atoms with Gasteiger partial charge in [-0.15, -0.1) is 0 Å². The second-order valence-electron chi connectivity index (χ2n) is 13.6. The maximum absolute atomic E-state index is 10.5. The van der Waals surface area contributed by atoms with Crippen LogP contribution in [0.15, 0.2) is 24.3 Å². The van der Waals surface area contributed by atoms with Crippen molar-refractivity contribution < 1.29 is 10.2 Å². The van der Waals surface area contributed by atoms with Crippen LogP contribution >= 0.6 is 0 Å². The van der Waals surface area contributed by atoms with Crippen molar-refractivity contribution in [2.24, 2.45) is 0 Å². The predicted molar refractivity (Wildman–Crippen MR) is 145 cm³/mol. The molecule has 0 radical (unpaired) electrons. The van der Waals surface area contributed by atoms with E-state index >= 15 is 0 Å². The number of aromatic hydroxyl groups is 2. The number of benzene rings is 2. The first-order valence-electron chi connectivity index (χ1n) is 12.3. The lowest BCUT2D eigenvalue weighted by Crippen LogP contribution is -2.17. The smallest absolute Gasteiger partial charge is 0.123 e. The van der Waals surface area contributed by atoms with Crippen LogP contribution in [0.3, 0.4) is 0 Å². The van der Waals surface area contributed by atoms with E-state index in [2.05, 4.69) is 121 Å². The van der Waals surface area contributed by atoms with Crippen molar-refractivity contribution in [3.8, 4) is 11.5 Å². The SMILES string of the molecule is CCc1cc(C(C)(C)C)c(O)c(C(C)(C)C)c1.Cc1cc(C(C)(C)C)c(O)c(C(C)(C)C)c1. The van der Waals surface area contributed by atoms with Crippen molar-refractivity contribution in [1.82, 2.24) is 0 Å². The molecule has 0 amide bonds. The summed E-state index contributed by atoms with van der Waals surface area (Å²) in [5.41, 5.74) is 6.64. The molecule has 2 aromatic carbocycles. The first kappa shape index (κ1) is 29.1. The minimum Gasteiger partial charge on any atom is -0.507 e. The number of rotatable bonds is 1. The summed E-state index contributed by atoms with van der Waals surface area (Å²) in [5, 5.41) is 20.9. The van der Waals surface area contributed by atoms with Crippen LogP contribution in [0.2, 0.25) is 0 Å². The monoisotopic (exact) mass is 454 g/mol. The van der Waals surface area contributed by atoms with Gasteiger partial charge in [0.15, 0.2) is 0 Å². The van der Waals surface area contributed by atoms with Gasteiger partial charge in [0.1, 0.15) is 11.5 Å². The minimum atomic E-state index is -0.0186. The molecule has 0 aliphatic rings. The molecular formula is C31H50O2. The second kappa shape index (κ2) is 9.72.